The molecular weight excluding hydrogens is 403 g/mol. The smallest absolute Gasteiger partial charge is 0.191 e. The van der Waals surface area contributed by atoms with Crippen molar-refractivity contribution in [1.29, 1.82) is 0 Å². The Morgan fingerprint density at radius 1 is 1.52 bits per heavy atom. The number of likely N-dealkylation sites (tertiary alicyclic amines) is 1. The molecule has 0 aliphatic carbocycles. The minimum atomic E-state index is 0. The zero-order chi connectivity index (χ0) is 15.6. The lowest BCUT2D eigenvalue weighted by Crippen LogP contribution is -2.40. The first-order valence-electron chi connectivity index (χ1n) is 8.23. The summed E-state index contributed by atoms with van der Waals surface area (Å²) >= 11 is 0. The molecule has 1 aliphatic heterocycles. The Kier molecular flexibility index (Phi) is 10.0. The lowest BCUT2D eigenvalue weighted by Gasteiger charge is -2.21. The van der Waals surface area contributed by atoms with Gasteiger partial charge in [0.25, 0.3) is 0 Å². The zero-order valence-electron chi connectivity index (χ0n) is 14.0. The number of furan rings is 1. The van der Waals surface area contributed by atoms with E-state index in [1.165, 1.54) is 19.4 Å². The average Bonchev–Trinajstić information content (AvgIpc) is 3.20. The number of halogens is 1. The third kappa shape index (κ3) is 6.95. The van der Waals surface area contributed by atoms with Crippen LogP contribution in [0.4, 0.5) is 0 Å². The SMILES string of the molecule is C=CCNC(=NCC1CCCN1CC)NCCc1ccco1.I. The van der Waals surface area contributed by atoms with Crippen LogP contribution in [0, 0.1) is 0 Å². The molecule has 0 spiro atoms. The minimum absolute atomic E-state index is 0. The fourth-order valence-corrected chi connectivity index (χ4v) is 2.82. The molecule has 1 atom stereocenters. The van der Waals surface area contributed by atoms with Crippen LogP contribution in [0.2, 0.25) is 0 Å². The monoisotopic (exact) mass is 432 g/mol. The molecule has 23 heavy (non-hydrogen) atoms. The van der Waals surface area contributed by atoms with Gasteiger partial charge in [-0.2, -0.15) is 0 Å². The van der Waals surface area contributed by atoms with E-state index in [1.54, 1.807) is 6.26 Å². The van der Waals surface area contributed by atoms with Crippen molar-refractivity contribution in [3.63, 3.8) is 0 Å². The van der Waals surface area contributed by atoms with Gasteiger partial charge in [-0.3, -0.25) is 9.89 Å². The van der Waals surface area contributed by atoms with E-state index in [4.69, 9.17) is 9.41 Å². The number of nitrogens with zero attached hydrogens (tertiary/aromatic N) is 2. The van der Waals surface area contributed by atoms with Gasteiger partial charge in [-0.1, -0.05) is 13.0 Å². The predicted molar refractivity (Wildman–Crippen MR) is 107 cm³/mol. The van der Waals surface area contributed by atoms with Crippen molar-refractivity contribution in [2.45, 2.75) is 32.2 Å². The summed E-state index contributed by atoms with van der Waals surface area (Å²) in [6.45, 7) is 10.7. The molecule has 6 heteroatoms. The fraction of sp³-hybridized carbons (Fsp3) is 0.588. The van der Waals surface area contributed by atoms with Gasteiger partial charge in [0.15, 0.2) is 5.96 Å². The van der Waals surface area contributed by atoms with Crippen LogP contribution in [-0.2, 0) is 6.42 Å². The molecule has 0 aromatic carbocycles. The van der Waals surface area contributed by atoms with E-state index in [2.05, 4.69) is 29.0 Å². The zero-order valence-corrected chi connectivity index (χ0v) is 16.3. The minimum Gasteiger partial charge on any atom is -0.469 e. The van der Waals surface area contributed by atoms with Crippen molar-refractivity contribution in [1.82, 2.24) is 15.5 Å². The molecule has 0 radical (unpaired) electrons. The van der Waals surface area contributed by atoms with Gasteiger partial charge in [-0.15, -0.1) is 30.6 Å². The van der Waals surface area contributed by atoms with E-state index in [-0.39, 0.29) is 24.0 Å². The molecule has 1 aliphatic rings. The Morgan fingerprint density at radius 3 is 3.09 bits per heavy atom. The molecule has 130 valence electrons. The molecular formula is C17H29IN4O. The third-order valence-electron chi connectivity index (χ3n) is 4.02. The van der Waals surface area contributed by atoms with Crippen LogP contribution >= 0.6 is 24.0 Å². The van der Waals surface area contributed by atoms with Crippen molar-refractivity contribution < 1.29 is 4.42 Å². The van der Waals surface area contributed by atoms with Crippen LogP contribution < -0.4 is 10.6 Å². The number of aliphatic imine (C=N–C) groups is 1. The highest BCUT2D eigenvalue weighted by Gasteiger charge is 2.22. The number of hydrogen-bond acceptors (Lipinski definition) is 3. The summed E-state index contributed by atoms with van der Waals surface area (Å²) in [5, 5.41) is 6.64. The Labute approximate surface area is 156 Å². The van der Waals surface area contributed by atoms with Gasteiger partial charge < -0.3 is 15.1 Å². The third-order valence-corrected chi connectivity index (χ3v) is 4.02. The maximum absolute atomic E-state index is 5.34. The Bertz CT molecular complexity index is 461. The van der Waals surface area contributed by atoms with E-state index in [0.29, 0.717) is 6.04 Å². The first-order valence-corrected chi connectivity index (χ1v) is 8.23. The van der Waals surface area contributed by atoms with E-state index in [9.17, 15) is 0 Å². The second-order valence-electron chi connectivity index (χ2n) is 5.54. The van der Waals surface area contributed by atoms with Crippen molar-refractivity contribution in [2.75, 3.05) is 32.7 Å². The summed E-state index contributed by atoms with van der Waals surface area (Å²) in [4.78, 5) is 7.25. The summed E-state index contributed by atoms with van der Waals surface area (Å²) in [5.74, 6) is 1.85. The molecule has 5 nitrogen and oxygen atoms in total. The van der Waals surface area contributed by atoms with Crippen LogP contribution in [0.5, 0.6) is 0 Å². The van der Waals surface area contributed by atoms with Crippen LogP contribution in [-0.4, -0.2) is 49.6 Å². The second-order valence-corrected chi connectivity index (χ2v) is 5.54. The maximum Gasteiger partial charge on any atom is 0.191 e. The van der Waals surface area contributed by atoms with Gasteiger partial charge in [0.2, 0.25) is 0 Å². The lowest BCUT2D eigenvalue weighted by molar-refractivity contribution is 0.273. The Balaban J connectivity index is 0.00000264. The van der Waals surface area contributed by atoms with Crippen LogP contribution in [0.25, 0.3) is 0 Å². The number of guanidine groups is 1. The molecule has 2 heterocycles. The fourth-order valence-electron chi connectivity index (χ4n) is 2.82. The van der Waals surface area contributed by atoms with Gasteiger partial charge in [0.1, 0.15) is 5.76 Å². The van der Waals surface area contributed by atoms with Gasteiger partial charge in [0.05, 0.1) is 12.8 Å². The largest absolute Gasteiger partial charge is 0.469 e. The molecule has 1 fully saturated rings. The van der Waals surface area contributed by atoms with Gasteiger partial charge in [-0.25, -0.2) is 0 Å². The maximum atomic E-state index is 5.34. The summed E-state index contributed by atoms with van der Waals surface area (Å²) in [5.41, 5.74) is 0. The van der Waals surface area contributed by atoms with E-state index < -0.39 is 0 Å². The van der Waals surface area contributed by atoms with Gasteiger partial charge >= 0.3 is 0 Å². The molecule has 0 bridgehead atoms. The number of likely N-dealkylation sites (N-methyl/N-ethyl adjacent to an activating group) is 1. The quantitative estimate of drug-likeness (QED) is 0.287. The molecule has 1 unspecified atom stereocenters. The molecule has 1 saturated heterocycles. The van der Waals surface area contributed by atoms with Gasteiger partial charge in [-0.05, 0) is 38.1 Å². The summed E-state index contributed by atoms with van der Waals surface area (Å²) in [6, 6.07) is 4.49. The Morgan fingerprint density at radius 2 is 2.39 bits per heavy atom. The summed E-state index contributed by atoms with van der Waals surface area (Å²) in [6.07, 6.45) is 6.94. The van der Waals surface area contributed by atoms with Crippen LogP contribution in [0.15, 0.2) is 40.5 Å². The molecule has 1 aromatic rings. The molecule has 2 N–H and O–H groups in total. The summed E-state index contributed by atoms with van der Waals surface area (Å²) in [7, 11) is 0. The average molecular weight is 432 g/mol. The highest BCUT2D eigenvalue weighted by Crippen LogP contribution is 2.16. The molecule has 1 aromatic heterocycles. The second kappa shape index (κ2) is 11.5. The first kappa shape index (κ1) is 20.0. The van der Waals surface area contributed by atoms with E-state index in [1.807, 2.05) is 18.2 Å². The van der Waals surface area contributed by atoms with E-state index >= 15 is 0 Å². The number of rotatable bonds is 8. The standard InChI is InChI=1S/C17H28N4O.HI/c1-3-10-18-17(19-11-9-16-8-6-13-22-16)20-14-15-7-5-12-21(15)4-2;/h3,6,8,13,15H,1,4-5,7,9-12,14H2,2H3,(H2,18,19,20);1H. The van der Waals surface area contributed by atoms with Crippen LogP contribution in [0.3, 0.4) is 0 Å². The van der Waals surface area contributed by atoms with Crippen molar-refractivity contribution in [2.24, 2.45) is 4.99 Å². The summed E-state index contributed by atoms with van der Waals surface area (Å²) < 4.78 is 5.34. The van der Waals surface area contributed by atoms with Crippen molar-refractivity contribution >= 4 is 29.9 Å². The Hall–Kier alpha value is -1.02. The van der Waals surface area contributed by atoms with Crippen molar-refractivity contribution in [3.05, 3.63) is 36.8 Å². The first-order chi connectivity index (χ1) is 10.8. The molecule has 2 rings (SSSR count). The lowest BCUT2D eigenvalue weighted by atomic mass is 10.2. The van der Waals surface area contributed by atoms with Gasteiger partial charge in [0, 0.05) is 25.6 Å². The van der Waals surface area contributed by atoms with Crippen LogP contribution in [0.1, 0.15) is 25.5 Å². The van der Waals surface area contributed by atoms with E-state index in [0.717, 1.165) is 44.3 Å². The number of hydrogen-bond donors (Lipinski definition) is 2. The highest BCUT2D eigenvalue weighted by atomic mass is 127. The normalized spacial score (nSPS) is 18.5. The highest BCUT2D eigenvalue weighted by molar-refractivity contribution is 14.0. The van der Waals surface area contributed by atoms with Crippen molar-refractivity contribution in [3.8, 4) is 0 Å². The molecule has 0 saturated carbocycles. The predicted octanol–water partition coefficient (Wildman–Crippen LogP) is 2.65. The number of nitrogens with one attached hydrogen (secondary N) is 2. The molecule has 0 amide bonds. The topological polar surface area (TPSA) is 52.8 Å².